The molecule has 0 N–H and O–H groups in total. The van der Waals surface area contributed by atoms with E-state index in [1.165, 1.54) is 24.9 Å². The van der Waals surface area contributed by atoms with Gasteiger partial charge in [-0.3, -0.25) is 9.69 Å². The summed E-state index contributed by atoms with van der Waals surface area (Å²) in [6, 6.07) is 10.7. The van der Waals surface area contributed by atoms with Crippen molar-refractivity contribution in [1.29, 1.82) is 0 Å². The zero-order chi connectivity index (χ0) is 20.3. The van der Waals surface area contributed by atoms with Gasteiger partial charge in [0, 0.05) is 44.3 Å². The number of piperazine rings is 1. The van der Waals surface area contributed by atoms with Crippen LogP contribution in [-0.2, 0) is 14.3 Å². The van der Waals surface area contributed by atoms with E-state index in [1.54, 1.807) is 0 Å². The van der Waals surface area contributed by atoms with E-state index in [0.717, 1.165) is 52.2 Å². The summed E-state index contributed by atoms with van der Waals surface area (Å²) in [5.74, 6) is 1.08. The molecule has 6 rings (SSSR count). The molecule has 1 aromatic carbocycles. The van der Waals surface area contributed by atoms with Crippen LogP contribution in [0.5, 0.6) is 0 Å². The summed E-state index contributed by atoms with van der Waals surface area (Å²) < 4.78 is 12.0. The quantitative estimate of drug-likeness (QED) is 0.565. The van der Waals surface area contributed by atoms with Gasteiger partial charge in [0.2, 0.25) is 0 Å². The van der Waals surface area contributed by atoms with Gasteiger partial charge in [0.15, 0.2) is 0 Å². The molecule has 3 heterocycles. The second kappa shape index (κ2) is 6.96. The van der Waals surface area contributed by atoms with E-state index in [1.807, 2.05) is 0 Å². The third-order valence-electron chi connectivity index (χ3n) is 9.03. The number of ether oxygens (including phenoxy) is 2. The Bertz CT molecular complexity index is 802. The first-order valence-electron chi connectivity index (χ1n) is 11.9. The van der Waals surface area contributed by atoms with Crippen molar-refractivity contribution in [3.05, 3.63) is 30.3 Å². The zero-order valence-electron chi connectivity index (χ0n) is 18.1. The Morgan fingerprint density at radius 2 is 1.87 bits per heavy atom. The summed E-state index contributed by atoms with van der Waals surface area (Å²) in [7, 11) is 0. The summed E-state index contributed by atoms with van der Waals surface area (Å²) >= 11 is 0. The highest BCUT2D eigenvalue weighted by Gasteiger charge is 2.65. The van der Waals surface area contributed by atoms with Crippen LogP contribution in [0, 0.1) is 23.2 Å². The van der Waals surface area contributed by atoms with E-state index in [9.17, 15) is 4.79 Å². The number of anilines is 1. The molecule has 3 saturated heterocycles. The molecule has 5 fully saturated rings. The highest BCUT2D eigenvalue weighted by molar-refractivity contribution is 5.75. The zero-order valence-corrected chi connectivity index (χ0v) is 18.1. The third-order valence-corrected chi connectivity index (χ3v) is 9.03. The first-order chi connectivity index (χ1) is 14.6. The Kier molecular flexibility index (Phi) is 4.44. The fraction of sp³-hybridized carbons (Fsp3) is 0.720. The van der Waals surface area contributed by atoms with Crippen molar-refractivity contribution in [1.82, 2.24) is 4.90 Å². The maximum absolute atomic E-state index is 12.9. The third kappa shape index (κ3) is 3.08. The fourth-order valence-electron chi connectivity index (χ4n) is 7.27. The van der Waals surface area contributed by atoms with Gasteiger partial charge >= 0.3 is 5.97 Å². The molecule has 2 aliphatic carbocycles. The predicted molar refractivity (Wildman–Crippen MR) is 115 cm³/mol. The van der Waals surface area contributed by atoms with Gasteiger partial charge in [-0.05, 0) is 55.6 Å². The van der Waals surface area contributed by atoms with E-state index in [-0.39, 0.29) is 29.0 Å². The summed E-state index contributed by atoms with van der Waals surface area (Å²) in [6.07, 6.45) is 6.01. The number of nitrogens with zero attached hydrogens (tertiary/aromatic N) is 2. The number of fused-ring (bicyclic) bond motifs is 3. The second-order valence-electron chi connectivity index (χ2n) is 10.7. The van der Waals surface area contributed by atoms with E-state index in [0.29, 0.717) is 11.8 Å². The smallest absolute Gasteiger partial charge is 0.310 e. The molecule has 5 aliphatic rings. The van der Waals surface area contributed by atoms with Crippen molar-refractivity contribution in [3.63, 3.8) is 0 Å². The number of benzene rings is 1. The minimum absolute atomic E-state index is 0.0422. The van der Waals surface area contributed by atoms with E-state index < -0.39 is 0 Å². The lowest BCUT2D eigenvalue weighted by Gasteiger charge is -2.51. The largest absolute Gasteiger partial charge is 0.462 e. The fourth-order valence-corrected chi connectivity index (χ4v) is 7.27. The van der Waals surface area contributed by atoms with Crippen LogP contribution in [0.1, 0.15) is 39.0 Å². The maximum Gasteiger partial charge on any atom is 0.310 e. The standard InChI is InChI=1S/C25H34N2O3/c1-24-8-5-9-25(17-29-25)22(24)14-19-20(23(28)30-21(19)15-24)16-26-10-12-27(13-11-26)18-6-3-2-4-7-18/h2-4,6-7,19-22H,5,8-17H2,1H3/t19-,20+,21-,22-,24-,25+/m1/s1. The molecule has 2 saturated carbocycles. The van der Waals surface area contributed by atoms with Crippen LogP contribution in [-0.4, -0.2) is 61.9 Å². The van der Waals surface area contributed by atoms with Gasteiger partial charge in [-0.1, -0.05) is 25.1 Å². The molecule has 0 radical (unpaired) electrons. The predicted octanol–water partition coefficient (Wildman–Crippen LogP) is 3.34. The Balaban J connectivity index is 1.12. The van der Waals surface area contributed by atoms with Crippen LogP contribution < -0.4 is 4.90 Å². The summed E-state index contributed by atoms with van der Waals surface area (Å²) in [4.78, 5) is 17.8. The van der Waals surface area contributed by atoms with Gasteiger partial charge in [0.05, 0.1) is 18.1 Å². The Morgan fingerprint density at radius 3 is 2.60 bits per heavy atom. The molecule has 5 nitrogen and oxygen atoms in total. The Labute approximate surface area is 179 Å². The summed E-state index contributed by atoms with van der Waals surface area (Å²) in [5.41, 5.74) is 1.72. The molecule has 30 heavy (non-hydrogen) atoms. The molecule has 0 aromatic heterocycles. The van der Waals surface area contributed by atoms with Gasteiger partial charge in [0.25, 0.3) is 0 Å². The van der Waals surface area contributed by atoms with Crippen molar-refractivity contribution < 1.29 is 14.3 Å². The molecule has 5 heteroatoms. The molecular formula is C25H34N2O3. The van der Waals surface area contributed by atoms with Crippen LogP contribution in [0.3, 0.4) is 0 Å². The molecule has 0 amide bonds. The topological polar surface area (TPSA) is 45.3 Å². The van der Waals surface area contributed by atoms with Crippen molar-refractivity contribution in [3.8, 4) is 0 Å². The summed E-state index contributed by atoms with van der Waals surface area (Å²) in [5, 5.41) is 0. The summed E-state index contributed by atoms with van der Waals surface area (Å²) in [6.45, 7) is 8.31. The SMILES string of the molecule is C[C@]12CCC[C@]3(CO3)[C@@H]1C[C@@H]1[C@H](CN3CCN(c4ccccc4)CC3)C(=O)O[C@@H]1C2. The number of rotatable bonds is 3. The van der Waals surface area contributed by atoms with Crippen LogP contribution in [0.25, 0.3) is 0 Å². The van der Waals surface area contributed by atoms with Gasteiger partial charge in [-0.2, -0.15) is 0 Å². The monoisotopic (exact) mass is 410 g/mol. The number of epoxide rings is 1. The van der Waals surface area contributed by atoms with Crippen molar-refractivity contribution in [2.24, 2.45) is 23.2 Å². The molecule has 1 spiro atoms. The lowest BCUT2D eigenvalue weighted by molar-refractivity contribution is -0.147. The number of hydrogen-bond donors (Lipinski definition) is 0. The van der Waals surface area contributed by atoms with E-state index in [4.69, 9.17) is 9.47 Å². The number of carbonyl (C=O) groups is 1. The minimum Gasteiger partial charge on any atom is -0.462 e. The number of hydrogen-bond acceptors (Lipinski definition) is 5. The van der Waals surface area contributed by atoms with Gasteiger partial charge in [-0.15, -0.1) is 0 Å². The average molecular weight is 411 g/mol. The first-order valence-corrected chi connectivity index (χ1v) is 11.9. The molecular weight excluding hydrogens is 376 g/mol. The lowest BCUT2D eigenvalue weighted by atomic mass is 9.53. The van der Waals surface area contributed by atoms with Crippen molar-refractivity contribution in [2.75, 3.05) is 44.2 Å². The number of carbonyl (C=O) groups excluding carboxylic acids is 1. The number of esters is 1. The van der Waals surface area contributed by atoms with E-state index in [2.05, 4.69) is 47.1 Å². The highest BCUT2D eigenvalue weighted by atomic mass is 16.6. The average Bonchev–Trinajstić information content (AvgIpc) is 3.46. The lowest BCUT2D eigenvalue weighted by Crippen LogP contribution is -2.52. The molecule has 162 valence electrons. The highest BCUT2D eigenvalue weighted by Crippen LogP contribution is 2.62. The normalized spacial score (nSPS) is 43.2. The van der Waals surface area contributed by atoms with E-state index >= 15 is 0 Å². The first kappa shape index (κ1) is 19.1. The van der Waals surface area contributed by atoms with Crippen molar-refractivity contribution >= 4 is 11.7 Å². The molecule has 3 aliphatic heterocycles. The van der Waals surface area contributed by atoms with Gasteiger partial charge in [-0.25, -0.2) is 0 Å². The second-order valence-corrected chi connectivity index (χ2v) is 10.7. The van der Waals surface area contributed by atoms with Crippen LogP contribution in [0.2, 0.25) is 0 Å². The Morgan fingerprint density at radius 1 is 1.10 bits per heavy atom. The van der Waals surface area contributed by atoms with Crippen molar-refractivity contribution in [2.45, 2.75) is 50.7 Å². The van der Waals surface area contributed by atoms with Gasteiger partial charge in [0.1, 0.15) is 6.10 Å². The number of para-hydroxylation sites is 1. The molecule has 0 bridgehead atoms. The van der Waals surface area contributed by atoms with Gasteiger partial charge < -0.3 is 14.4 Å². The Hall–Kier alpha value is -1.59. The maximum atomic E-state index is 12.9. The minimum atomic E-state index is 0.0422. The molecule has 1 aromatic rings. The van der Waals surface area contributed by atoms with Crippen LogP contribution in [0.15, 0.2) is 30.3 Å². The molecule has 0 unspecified atom stereocenters. The van der Waals surface area contributed by atoms with Crippen LogP contribution >= 0.6 is 0 Å². The molecule has 6 atom stereocenters. The van der Waals surface area contributed by atoms with Crippen LogP contribution in [0.4, 0.5) is 5.69 Å².